The van der Waals surface area contributed by atoms with Crippen molar-refractivity contribution in [3.8, 4) is 0 Å². The van der Waals surface area contributed by atoms with E-state index in [0.717, 1.165) is 51.4 Å². The monoisotopic (exact) mass is 436 g/mol. The maximum absolute atomic E-state index is 12.7. The fourth-order valence-electron chi connectivity index (χ4n) is 4.91. The predicted molar refractivity (Wildman–Crippen MR) is 129 cm³/mol. The molecule has 2 saturated heterocycles. The van der Waals surface area contributed by atoms with Crippen molar-refractivity contribution in [3.63, 3.8) is 0 Å². The first-order valence-corrected chi connectivity index (χ1v) is 11.9. The molecule has 0 aromatic heterocycles. The molecule has 1 amide bonds. The van der Waals surface area contributed by atoms with E-state index in [1.54, 1.807) is 0 Å². The summed E-state index contributed by atoms with van der Waals surface area (Å²) in [5.74, 6) is -0.0352. The molecule has 2 aromatic carbocycles. The molecule has 0 bridgehead atoms. The average Bonchev–Trinajstić information content (AvgIpc) is 2.85. The molecule has 2 aromatic rings. The summed E-state index contributed by atoms with van der Waals surface area (Å²) in [6.07, 6.45) is 2.35. The topological polar surface area (TPSA) is 59.1 Å². The largest absolute Gasteiger partial charge is 0.395 e. The van der Waals surface area contributed by atoms with Crippen LogP contribution in [0.5, 0.6) is 0 Å². The Balaban J connectivity index is 1.25. The van der Waals surface area contributed by atoms with E-state index in [4.69, 9.17) is 5.11 Å². The number of aliphatic hydroxyl groups excluding tert-OH is 1. The van der Waals surface area contributed by atoms with Gasteiger partial charge in [0.1, 0.15) is 0 Å². The van der Waals surface area contributed by atoms with Crippen LogP contribution in [-0.4, -0.2) is 79.3 Å². The van der Waals surface area contributed by atoms with Crippen molar-refractivity contribution in [1.29, 1.82) is 0 Å². The predicted octanol–water partition coefficient (Wildman–Crippen LogP) is 2.76. The van der Waals surface area contributed by atoms with Gasteiger partial charge in [-0.05, 0) is 49.6 Å². The molecule has 6 nitrogen and oxygen atoms in total. The van der Waals surface area contributed by atoms with Gasteiger partial charge in [-0.3, -0.25) is 14.6 Å². The molecule has 4 rings (SSSR count). The van der Waals surface area contributed by atoms with Gasteiger partial charge in [0.05, 0.1) is 12.6 Å². The van der Waals surface area contributed by atoms with E-state index in [-0.39, 0.29) is 18.6 Å². The quantitative estimate of drug-likeness (QED) is 0.699. The zero-order valence-electron chi connectivity index (χ0n) is 19.1. The molecule has 2 fully saturated rings. The fraction of sp³-hybridized carbons (Fsp3) is 0.500. The van der Waals surface area contributed by atoms with E-state index in [1.165, 1.54) is 18.5 Å². The number of piperazine rings is 1. The van der Waals surface area contributed by atoms with E-state index < -0.39 is 0 Å². The highest BCUT2D eigenvalue weighted by Crippen LogP contribution is 2.24. The molecule has 0 saturated carbocycles. The van der Waals surface area contributed by atoms with Gasteiger partial charge in [-0.15, -0.1) is 0 Å². The molecule has 0 aliphatic carbocycles. The molecular weight excluding hydrogens is 400 g/mol. The Labute approximate surface area is 191 Å². The minimum Gasteiger partial charge on any atom is -0.395 e. The van der Waals surface area contributed by atoms with Gasteiger partial charge in [-0.25, -0.2) is 0 Å². The van der Waals surface area contributed by atoms with E-state index >= 15 is 0 Å². The summed E-state index contributed by atoms with van der Waals surface area (Å²) in [6.45, 7) is 9.51. The Bertz CT molecular complexity index is 842. The van der Waals surface area contributed by atoms with Crippen molar-refractivity contribution in [2.45, 2.75) is 31.8 Å². The molecular formula is C26H36N4O2. The van der Waals surface area contributed by atoms with Crippen LogP contribution >= 0.6 is 0 Å². The highest BCUT2D eigenvalue weighted by Gasteiger charge is 2.27. The molecule has 0 radical (unpaired) electrons. The van der Waals surface area contributed by atoms with Gasteiger partial charge in [0.2, 0.25) is 0 Å². The van der Waals surface area contributed by atoms with Gasteiger partial charge in [0, 0.05) is 63.1 Å². The van der Waals surface area contributed by atoms with Crippen molar-refractivity contribution in [2.75, 3.05) is 57.3 Å². The zero-order valence-corrected chi connectivity index (χ0v) is 19.1. The average molecular weight is 437 g/mol. The number of anilines is 1. The zero-order chi connectivity index (χ0) is 22.3. The first kappa shape index (κ1) is 22.8. The summed E-state index contributed by atoms with van der Waals surface area (Å²) < 4.78 is 0. The number of hydrogen-bond acceptors (Lipinski definition) is 5. The van der Waals surface area contributed by atoms with Gasteiger partial charge in [0.15, 0.2) is 0 Å². The van der Waals surface area contributed by atoms with E-state index in [1.807, 2.05) is 49.4 Å². The molecule has 2 heterocycles. The van der Waals surface area contributed by atoms with Crippen LogP contribution in [0.1, 0.15) is 41.7 Å². The van der Waals surface area contributed by atoms with Crippen molar-refractivity contribution in [2.24, 2.45) is 0 Å². The molecule has 2 aliphatic rings. The Kier molecular flexibility index (Phi) is 7.79. The number of benzene rings is 2. The van der Waals surface area contributed by atoms with Crippen LogP contribution in [0.15, 0.2) is 54.6 Å². The summed E-state index contributed by atoms with van der Waals surface area (Å²) in [5.41, 5.74) is 3.01. The number of β-amino-alcohol motifs (C(OH)–C–C–N with tert-alkyl or cyclic N) is 1. The van der Waals surface area contributed by atoms with Gasteiger partial charge in [0.25, 0.3) is 5.91 Å². The first-order valence-electron chi connectivity index (χ1n) is 11.9. The van der Waals surface area contributed by atoms with Gasteiger partial charge in [-0.1, -0.05) is 30.3 Å². The molecule has 32 heavy (non-hydrogen) atoms. The Morgan fingerprint density at radius 1 is 0.969 bits per heavy atom. The van der Waals surface area contributed by atoms with Gasteiger partial charge < -0.3 is 15.3 Å². The number of nitrogens with one attached hydrogen (secondary N) is 1. The van der Waals surface area contributed by atoms with Crippen LogP contribution in [0.4, 0.5) is 5.69 Å². The minimum absolute atomic E-state index is 0.0205. The highest BCUT2D eigenvalue weighted by molar-refractivity contribution is 5.94. The molecule has 0 spiro atoms. The van der Waals surface area contributed by atoms with E-state index in [9.17, 15) is 4.79 Å². The maximum Gasteiger partial charge on any atom is 0.251 e. The smallest absolute Gasteiger partial charge is 0.251 e. The number of nitrogens with zero attached hydrogens (tertiary/aromatic N) is 3. The lowest BCUT2D eigenvalue weighted by molar-refractivity contribution is 0.0747. The standard InChI is InChI=1S/C26H36N4O2/c1-21(22-5-3-2-4-6-22)27-26(32)23-7-9-24(10-8-23)29-13-11-25(12-14-29)30-17-15-28(16-18-30)19-20-31/h2-10,21,25,31H,11-20H2,1H3,(H,27,32)/t21-/m1/s1. The Morgan fingerprint density at radius 3 is 2.25 bits per heavy atom. The number of carbonyl (C=O) groups is 1. The van der Waals surface area contributed by atoms with Gasteiger partial charge in [-0.2, -0.15) is 0 Å². The van der Waals surface area contributed by atoms with Crippen LogP contribution in [0, 0.1) is 0 Å². The van der Waals surface area contributed by atoms with Crippen molar-refractivity contribution in [3.05, 3.63) is 65.7 Å². The fourth-order valence-corrected chi connectivity index (χ4v) is 4.91. The molecule has 1 atom stereocenters. The van der Waals surface area contributed by atoms with Crippen LogP contribution in [-0.2, 0) is 0 Å². The van der Waals surface area contributed by atoms with Crippen LogP contribution < -0.4 is 10.2 Å². The molecule has 2 aliphatic heterocycles. The third-order valence-electron chi connectivity index (χ3n) is 6.95. The number of aliphatic hydroxyl groups is 1. The molecule has 0 unspecified atom stereocenters. The SMILES string of the molecule is C[C@@H](NC(=O)c1ccc(N2CCC(N3CCN(CCO)CC3)CC2)cc1)c1ccccc1. The first-order chi connectivity index (χ1) is 15.6. The summed E-state index contributed by atoms with van der Waals surface area (Å²) in [5, 5.41) is 12.2. The second-order valence-electron chi connectivity index (χ2n) is 8.97. The number of amides is 1. The molecule has 172 valence electrons. The number of hydrogen-bond donors (Lipinski definition) is 2. The van der Waals surface area contributed by atoms with Crippen molar-refractivity contribution >= 4 is 11.6 Å². The second kappa shape index (κ2) is 10.9. The Morgan fingerprint density at radius 2 is 1.62 bits per heavy atom. The lowest BCUT2D eigenvalue weighted by atomic mass is 10.0. The highest BCUT2D eigenvalue weighted by atomic mass is 16.3. The maximum atomic E-state index is 12.7. The lowest BCUT2D eigenvalue weighted by Gasteiger charge is -2.43. The molecule has 6 heteroatoms. The van der Waals surface area contributed by atoms with Crippen molar-refractivity contribution in [1.82, 2.24) is 15.1 Å². The molecule has 2 N–H and O–H groups in total. The summed E-state index contributed by atoms with van der Waals surface area (Å²) >= 11 is 0. The number of piperidine rings is 1. The number of rotatable bonds is 7. The van der Waals surface area contributed by atoms with Crippen LogP contribution in [0.2, 0.25) is 0 Å². The third kappa shape index (κ3) is 5.68. The van der Waals surface area contributed by atoms with Crippen molar-refractivity contribution < 1.29 is 9.90 Å². The van der Waals surface area contributed by atoms with Gasteiger partial charge >= 0.3 is 0 Å². The normalized spacial score (nSPS) is 19.6. The van der Waals surface area contributed by atoms with E-state index in [0.29, 0.717) is 11.6 Å². The lowest BCUT2D eigenvalue weighted by Crippen LogP contribution is -2.53. The second-order valence-corrected chi connectivity index (χ2v) is 8.97. The van der Waals surface area contributed by atoms with Crippen LogP contribution in [0.25, 0.3) is 0 Å². The number of carbonyl (C=O) groups excluding carboxylic acids is 1. The minimum atomic E-state index is -0.0352. The summed E-state index contributed by atoms with van der Waals surface area (Å²) in [7, 11) is 0. The van der Waals surface area contributed by atoms with Crippen LogP contribution in [0.3, 0.4) is 0 Å². The van der Waals surface area contributed by atoms with E-state index in [2.05, 4.69) is 32.1 Å². The summed E-state index contributed by atoms with van der Waals surface area (Å²) in [4.78, 5) is 20.1. The Hall–Kier alpha value is -2.41. The summed E-state index contributed by atoms with van der Waals surface area (Å²) in [6, 6.07) is 18.7. The third-order valence-corrected chi connectivity index (χ3v) is 6.95.